The number of benzene rings is 4. The molecule has 0 fully saturated rings. The van der Waals surface area contributed by atoms with E-state index in [1.165, 1.54) is 33.5 Å². The lowest BCUT2D eigenvalue weighted by Crippen LogP contribution is -2.37. The average Bonchev–Trinajstić information content (AvgIpc) is 2.81. The van der Waals surface area contributed by atoms with Gasteiger partial charge in [-0.1, -0.05) is 110 Å². The minimum atomic E-state index is -0.398. The van der Waals surface area contributed by atoms with Crippen LogP contribution in [0.5, 0.6) is 0 Å². The molecule has 1 N–H and O–H groups in total. The zero-order valence-electron chi connectivity index (χ0n) is 19.2. The molecule has 160 valence electrons. The molecule has 0 amide bonds. The first-order chi connectivity index (χ1) is 15.5. The summed E-state index contributed by atoms with van der Waals surface area (Å²) in [6, 6.07) is 39.9. The highest BCUT2D eigenvalue weighted by molar-refractivity contribution is 5.66. The number of nitrogens with one attached hydrogen (secondary N) is 1. The maximum atomic E-state index is 3.83. The highest BCUT2D eigenvalue weighted by atomic mass is 15.0. The Morgan fingerprint density at radius 3 is 1.59 bits per heavy atom. The topological polar surface area (TPSA) is 12.0 Å². The van der Waals surface area contributed by atoms with Crippen LogP contribution in [-0.2, 0) is 5.41 Å². The summed E-state index contributed by atoms with van der Waals surface area (Å²) in [6.45, 7) is 6.95. The first kappa shape index (κ1) is 20.6. The predicted octanol–water partition coefficient (Wildman–Crippen LogP) is 7.77. The molecule has 1 nitrogen and oxygen atoms in total. The molecule has 0 spiro atoms. The number of fused-ring (bicyclic) bond motifs is 1. The van der Waals surface area contributed by atoms with Crippen LogP contribution in [0, 0.1) is 0 Å². The van der Waals surface area contributed by atoms with Gasteiger partial charge in [-0.15, -0.1) is 0 Å². The van der Waals surface area contributed by atoms with Crippen molar-refractivity contribution in [1.82, 2.24) is 0 Å². The van der Waals surface area contributed by atoms with E-state index in [4.69, 9.17) is 0 Å². The number of hydrogen-bond donors (Lipinski definition) is 1. The van der Waals surface area contributed by atoms with Gasteiger partial charge in [-0.3, -0.25) is 0 Å². The second kappa shape index (κ2) is 7.98. The zero-order valence-corrected chi connectivity index (χ0v) is 19.2. The maximum absolute atomic E-state index is 3.83. The highest BCUT2D eigenvalue weighted by Crippen LogP contribution is 2.48. The molecule has 4 aromatic carbocycles. The van der Waals surface area contributed by atoms with Crippen LogP contribution in [0.3, 0.4) is 0 Å². The zero-order chi connectivity index (χ0) is 22.2. The molecule has 0 saturated heterocycles. The largest absolute Gasteiger partial charge is 0.380 e. The highest BCUT2D eigenvalue weighted by Gasteiger charge is 2.39. The Hall–Kier alpha value is -3.32. The quantitative estimate of drug-likeness (QED) is 0.334. The fourth-order valence-electron chi connectivity index (χ4n) is 5.68. The second-order valence-corrected chi connectivity index (χ2v) is 9.76. The van der Waals surface area contributed by atoms with Crippen LogP contribution in [0.2, 0.25) is 0 Å². The molecule has 0 bridgehead atoms. The van der Waals surface area contributed by atoms with Gasteiger partial charge in [-0.05, 0) is 60.1 Å². The molecule has 1 heteroatoms. The van der Waals surface area contributed by atoms with Gasteiger partial charge in [0.15, 0.2) is 0 Å². The Morgan fingerprint density at radius 2 is 1.12 bits per heavy atom. The van der Waals surface area contributed by atoms with Gasteiger partial charge in [-0.25, -0.2) is 0 Å². The molecule has 0 radical (unpaired) electrons. The minimum absolute atomic E-state index is 0.0833. The summed E-state index contributed by atoms with van der Waals surface area (Å²) in [5, 5.41) is 3.83. The van der Waals surface area contributed by atoms with E-state index in [-0.39, 0.29) is 5.54 Å². The Balaban J connectivity index is 1.84. The van der Waals surface area contributed by atoms with Gasteiger partial charge in [-0.2, -0.15) is 0 Å². The van der Waals surface area contributed by atoms with Crippen molar-refractivity contribution in [3.8, 4) is 0 Å². The number of hydrogen-bond acceptors (Lipinski definition) is 1. The molecule has 0 unspecified atom stereocenters. The fourth-order valence-corrected chi connectivity index (χ4v) is 5.68. The Bertz CT molecular complexity index is 1100. The summed E-state index contributed by atoms with van der Waals surface area (Å²) in [5.41, 5.74) is 7.49. The normalized spacial score (nSPS) is 17.3. The van der Waals surface area contributed by atoms with E-state index in [9.17, 15) is 0 Å². The van der Waals surface area contributed by atoms with E-state index in [0.29, 0.717) is 5.92 Å². The lowest BCUT2D eigenvalue weighted by atomic mass is 9.64. The van der Waals surface area contributed by atoms with Crippen LogP contribution < -0.4 is 5.32 Å². The molecule has 0 aliphatic carbocycles. The van der Waals surface area contributed by atoms with Crippen molar-refractivity contribution < 1.29 is 0 Å². The first-order valence-corrected chi connectivity index (χ1v) is 11.6. The van der Waals surface area contributed by atoms with Gasteiger partial charge < -0.3 is 5.32 Å². The van der Waals surface area contributed by atoms with E-state index < -0.39 is 5.41 Å². The molecule has 32 heavy (non-hydrogen) atoms. The first-order valence-electron chi connectivity index (χ1n) is 11.6. The smallest absolute Gasteiger partial charge is 0.0702 e. The van der Waals surface area contributed by atoms with E-state index in [0.717, 1.165) is 6.42 Å². The van der Waals surface area contributed by atoms with Gasteiger partial charge in [0.1, 0.15) is 0 Å². The molecule has 1 atom stereocenters. The van der Waals surface area contributed by atoms with Gasteiger partial charge in [0.25, 0.3) is 0 Å². The summed E-state index contributed by atoms with van der Waals surface area (Å²) in [4.78, 5) is 0. The molecule has 0 saturated carbocycles. The molecule has 1 heterocycles. The van der Waals surface area contributed by atoms with Crippen molar-refractivity contribution >= 4 is 5.69 Å². The fraction of sp³-hybridized carbons (Fsp3) is 0.226. The van der Waals surface area contributed by atoms with Crippen LogP contribution >= 0.6 is 0 Å². The summed E-state index contributed by atoms with van der Waals surface area (Å²) < 4.78 is 0. The number of rotatable bonds is 4. The third-order valence-electron chi connectivity index (χ3n) is 6.93. The van der Waals surface area contributed by atoms with Crippen molar-refractivity contribution in [2.75, 3.05) is 5.32 Å². The lowest BCUT2D eigenvalue weighted by Gasteiger charge is -2.41. The monoisotopic (exact) mass is 417 g/mol. The summed E-state index contributed by atoms with van der Waals surface area (Å²) in [6.07, 6.45) is 1.14. The minimum Gasteiger partial charge on any atom is -0.380 e. The Morgan fingerprint density at radius 1 is 0.656 bits per heavy atom. The molecule has 5 rings (SSSR count). The third kappa shape index (κ3) is 3.42. The molecular weight excluding hydrogens is 386 g/mol. The number of anilines is 1. The summed E-state index contributed by atoms with van der Waals surface area (Å²) in [7, 11) is 0. The van der Waals surface area contributed by atoms with Crippen molar-refractivity contribution in [3.05, 3.63) is 137 Å². The average molecular weight is 418 g/mol. The Kier molecular flexibility index (Phi) is 5.13. The lowest BCUT2D eigenvalue weighted by molar-refractivity contribution is 0.454. The molecule has 0 aromatic heterocycles. The van der Waals surface area contributed by atoms with E-state index >= 15 is 0 Å². The molecule has 1 aliphatic rings. The van der Waals surface area contributed by atoms with Crippen LogP contribution in [0.1, 0.15) is 60.9 Å². The van der Waals surface area contributed by atoms with Gasteiger partial charge in [0.05, 0.1) is 5.41 Å². The molecular formula is C31H31N. The predicted molar refractivity (Wildman–Crippen MR) is 135 cm³/mol. The summed E-state index contributed by atoms with van der Waals surface area (Å²) >= 11 is 0. The van der Waals surface area contributed by atoms with E-state index in [1.807, 2.05) is 0 Å². The van der Waals surface area contributed by atoms with Crippen LogP contribution in [-0.4, -0.2) is 5.54 Å². The van der Waals surface area contributed by atoms with Crippen LogP contribution in [0.4, 0.5) is 5.69 Å². The standard InChI is InChI=1S/C31H31N/c1-23-22-30(2,3)32-29-21-27(19-20-28(23)29)31(24-13-7-4-8-14-24,25-15-9-5-10-16-25)26-17-11-6-12-18-26/h4-21,23,32H,22H2,1-3H3/t23-/m0/s1. The SMILES string of the molecule is C[C@H]1CC(C)(C)Nc2cc(C(c3ccccc3)(c3ccccc3)c3ccccc3)ccc21. The van der Waals surface area contributed by atoms with E-state index in [1.54, 1.807) is 0 Å². The van der Waals surface area contributed by atoms with Crippen molar-refractivity contribution in [2.45, 2.75) is 44.1 Å². The van der Waals surface area contributed by atoms with Gasteiger partial charge >= 0.3 is 0 Å². The molecule has 4 aromatic rings. The molecule has 1 aliphatic heterocycles. The second-order valence-electron chi connectivity index (χ2n) is 9.76. The Labute approximate surface area is 192 Å². The summed E-state index contributed by atoms with van der Waals surface area (Å²) in [5.74, 6) is 0.537. The van der Waals surface area contributed by atoms with Gasteiger partial charge in [0, 0.05) is 11.2 Å². The van der Waals surface area contributed by atoms with Crippen LogP contribution in [0.25, 0.3) is 0 Å². The van der Waals surface area contributed by atoms with E-state index in [2.05, 4.69) is 135 Å². The maximum Gasteiger partial charge on any atom is 0.0702 e. The third-order valence-corrected chi connectivity index (χ3v) is 6.93. The van der Waals surface area contributed by atoms with Crippen molar-refractivity contribution in [2.24, 2.45) is 0 Å². The van der Waals surface area contributed by atoms with Gasteiger partial charge in [0.2, 0.25) is 0 Å². The van der Waals surface area contributed by atoms with Crippen molar-refractivity contribution in [3.63, 3.8) is 0 Å². The van der Waals surface area contributed by atoms with Crippen LogP contribution in [0.15, 0.2) is 109 Å². The van der Waals surface area contributed by atoms with Crippen molar-refractivity contribution in [1.29, 1.82) is 0 Å².